The molecular weight excluding hydrogens is 376 g/mol. The highest BCUT2D eigenvalue weighted by atomic mass is 35.5. The van der Waals surface area contributed by atoms with Crippen LogP contribution in [-0.2, 0) is 4.79 Å². The van der Waals surface area contributed by atoms with Gasteiger partial charge in [0.25, 0.3) is 0 Å². The highest BCUT2D eigenvalue weighted by Crippen LogP contribution is 2.44. The molecule has 0 unspecified atom stereocenters. The molecule has 0 saturated carbocycles. The summed E-state index contributed by atoms with van der Waals surface area (Å²) in [6, 6.07) is 15.3. The Labute approximate surface area is 168 Å². The van der Waals surface area contributed by atoms with Crippen LogP contribution in [0.2, 0.25) is 5.02 Å². The summed E-state index contributed by atoms with van der Waals surface area (Å²) >= 11 is 6.08. The van der Waals surface area contributed by atoms with Crippen LogP contribution >= 0.6 is 11.6 Å². The lowest BCUT2D eigenvalue weighted by atomic mass is 9.91. The molecule has 1 aliphatic rings. The van der Waals surface area contributed by atoms with E-state index in [1.54, 1.807) is 12.0 Å². The van der Waals surface area contributed by atoms with E-state index in [-0.39, 0.29) is 18.0 Å². The molecule has 1 aromatic heterocycles. The average molecular weight is 397 g/mol. The maximum Gasteiger partial charge on any atom is 0.231 e. The van der Waals surface area contributed by atoms with Gasteiger partial charge in [0, 0.05) is 17.0 Å². The highest BCUT2D eigenvalue weighted by molar-refractivity contribution is 6.30. The van der Waals surface area contributed by atoms with E-state index < -0.39 is 0 Å². The number of rotatable bonds is 4. The Morgan fingerprint density at radius 3 is 2.64 bits per heavy atom. The van der Waals surface area contributed by atoms with Gasteiger partial charge >= 0.3 is 0 Å². The molecule has 0 radical (unpaired) electrons. The number of nitrogens with zero attached hydrogens (tertiary/aromatic N) is 4. The first-order valence-corrected chi connectivity index (χ1v) is 9.61. The lowest BCUT2D eigenvalue weighted by Crippen LogP contribution is -2.42. The largest absolute Gasteiger partial charge is 0.496 e. The third kappa shape index (κ3) is 3.14. The Balaban J connectivity index is 1.86. The summed E-state index contributed by atoms with van der Waals surface area (Å²) in [5.74, 6) is 1.35. The zero-order valence-electron chi connectivity index (χ0n) is 15.7. The number of fused-ring (bicyclic) bond motifs is 1. The van der Waals surface area contributed by atoms with Crippen LogP contribution in [0.5, 0.6) is 5.75 Å². The Morgan fingerprint density at radius 1 is 1.18 bits per heavy atom. The SMILES string of the molecule is CCC(=O)N1c2ncnn2[C@@H](c2ccccc2OC)C[C@H]1c1ccc(Cl)cc1. The summed E-state index contributed by atoms with van der Waals surface area (Å²) < 4.78 is 7.40. The third-order valence-electron chi connectivity index (χ3n) is 5.15. The standard InChI is InChI=1S/C21H21ClN4O2/c1-3-20(27)25-17(14-8-10-15(22)11-9-14)12-18(26-21(25)23-13-24-26)16-6-4-5-7-19(16)28-2/h4-11,13,17-18H,3,12H2,1-2H3/t17-,18+/m0/s1. The molecule has 0 aliphatic carbocycles. The number of ether oxygens (including phenoxy) is 1. The van der Waals surface area contributed by atoms with E-state index in [1.807, 2.05) is 60.1 Å². The number of carbonyl (C=O) groups is 1. The molecule has 0 spiro atoms. The van der Waals surface area contributed by atoms with Gasteiger partial charge in [0.1, 0.15) is 12.1 Å². The predicted octanol–water partition coefficient (Wildman–Crippen LogP) is 4.42. The lowest BCUT2D eigenvalue weighted by molar-refractivity contribution is -0.119. The number of carbonyl (C=O) groups excluding carboxylic acids is 1. The molecule has 6 nitrogen and oxygen atoms in total. The van der Waals surface area contributed by atoms with Gasteiger partial charge in [-0.25, -0.2) is 4.68 Å². The average Bonchev–Trinajstić information content (AvgIpc) is 3.22. The molecule has 3 aromatic rings. The molecule has 0 fully saturated rings. The number of amides is 1. The molecule has 144 valence electrons. The second-order valence-corrected chi connectivity index (χ2v) is 7.12. The zero-order valence-corrected chi connectivity index (χ0v) is 16.5. The predicted molar refractivity (Wildman–Crippen MR) is 108 cm³/mol. The van der Waals surface area contributed by atoms with Crippen LogP contribution in [0, 0.1) is 0 Å². The van der Waals surface area contributed by atoms with Crippen LogP contribution in [0.1, 0.15) is 43.0 Å². The Hall–Kier alpha value is -2.86. The minimum absolute atomic E-state index is 0.00711. The molecule has 4 rings (SSSR count). The molecule has 0 N–H and O–H groups in total. The maximum atomic E-state index is 12.8. The number of benzene rings is 2. The fourth-order valence-corrected chi connectivity index (χ4v) is 3.94. The third-order valence-corrected chi connectivity index (χ3v) is 5.40. The summed E-state index contributed by atoms with van der Waals surface area (Å²) in [6.07, 6.45) is 2.54. The van der Waals surface area contributed by atoms with Crippen molar-refractivity contribution < 1.29 is 9.53 Å². The lowest BCUT2D eigenvalue weighted by Gasteiger charge is -2.39. The Bertz CT molecular complexity index is 986. The minimum Gasteiger partial charge on any atom is -0.496 e. The monoisotopic (exact) mass is 396 g/mol. The molecule has 7 heteroatoms. The van der Waals surface area contributed by atoms with E-state index in [2.05, 4.69) is 10.1 Å². The van der Waals surface area contributed by atoms with Crippen LogP contribution in [0.3, 0.4) is 0 Å². The number of hydrogen-bond donors (Lipinski definition) is 0. The first-order valence-electron chi connectivity index (χ1n) is 9.24. The van der Waals surface area contributed by atoms with E-state index in [0.717, 1.165) is 16.9 Å². The normalized spacial score (nSPS) is 18.6. The second-order valence-electron chi connectivity index (χ2n) is 6.68. The van der Waals surface area contributed by atoms with E-state index >= 15 is 0 Å². The maximum absolute atomic E-state index is 12.8. The quantitative estimate of drug-likeness (QED) is 0.655. The summed E-state index contributed by atoms with van der Waals surface area (Å²) in [6.45, 7) is 1.86. The number of methoxy groups -OCH3 is 1. The second kappa shape index (κ2) is 7.64. The van der Waals surface area contributed by atoms with Gasteiger partial charge in [-0.2, -0.15) is 10.1 Å². The molecule has 1 amide bonds. The molecular formula is C21H21ClN4O2. The fraction of sp³-hybridized carbons (Fsp3) is 0.286. The van der Waals surface area contributed by atoms with Crippen molar-refractivity contribution in [2.24, 2.45) is 0 Å². The van der Waals surface area contributed by atoms with Crippen molar-refractivity contribution >= 4 is 23.5 Å². The fourth-order valence-electron chi connectivity index (χ4n) is 3.82. The van der Waals surface area contributed by atoms with Gasteiger partial charge in [-0.1, -0.05) is 48.9 Å². The molecule has 28 heavy (non-hydrogen) atoms. The van der Waals surface area contributed by atoms with E-state index in [1.165, 1.54) is 6.33 Å². The van der Waals surface area contributed by atoms with E-state index in [4.69, 9.17) is 16.3 Å². The van der Waals surface area contributed by atoms with Gasteiger partial charge < -0.3 is 4.74 Å². The first-order chi connectivity index (χ1) is 13.6. The van der Waals surface area contributed by atoms with E-state index in [0.29, 0.717) is 23.8 Å². The summed E-state index contributed by atoms with van der Waals surface area (Å²) in [7, 11) is 1.66. The number of para-hydroxylation sites is 1. The summed E-state index contributed by atoms with van der Waals surface area (Å²) in [5.41, 5.74) is 2.03. The Kier molecular flexibility index (Phi) is 5.05. The summed E-state index contributed by atoms with van der Waals surface area (Å²) in [5, 5.41) is 5.10. The number of halogens is 1. The van der Waals surface area contributed by atoms with Crippen molar-refractivity contribution in [2.45, 2.75) is 31.8 Å². The smallest absolute Gasteiger partial charge is 0.231 e. The van der Waals surface area contributed by atoms with Crippen LogP contribution < -0.4 is 9.64 Å². The van der Waals surface area contributed by atoms with Crippen LogP contribution in [-0.4, -0.2) is 27.8 Å². The zero-order chi connectivity index (χ0) is 19.7. The van der Waals surface area contributed by atoms with Crippen molar-refractivity contribution in [3.05, 3.63) is 71.0 Å². The van der Waals surface area contributed by atoms with Gasteiger partial charge in [0.15, 0.2) is 0 Å². The molecule has 0 saturated heterocycles. The number of aromatic nitrogens is 3. The van der Waals surface area contributed by atoms with Gasteiger partial charge in [0.05, 0.1) is 19.2 Å². The highest BCUT2D eigenvalue weighted by Gasteiger charge is 2.39. The van der Waals surface area contributed by atoms with Crippen molar-refractivity contribution in [1.82, 2.24) is 14.8 Å². The van der Waals surface area contributed by atoms with Crippen molar-refractivity contribution in [2.75, 3.05) is 12.0 Å². The minimum atomic E-state index is -0.170. The van der Waals surface area contributed by atoms with Gasteiger partial charge in [-0.3, -0.25) is 9.69 Å². The first kappa shape index (κ1) is 18.5. The van der Waals surface area contributed by atoms with Gasteiger partial charge in [-0.05, 0) is 30.2 Å². The molecule has 2 heterocycles. The topological polar surface area (TPSA) is 60.2 Å². The van der Waals surface area contributed by atoms with E-state index in [9.17, 15) is 4.79 Å². The van der Waals surface area contributed by atoms with Gasteiger partial charge in [-0.15, -0.1) is 0 Å². The van der Waals surface area contributed by atoms with Gasteiger partial charge in [0.2, 0.25) is 11.9 Å². The molecule has 2 aromatic carbocycles. The Morgan fingerprint density at radius 2 is 1.93 bits per heavy atom. The van der Waals surface area contributed by atoms with Crippen molar-refractivity contribution in [3.63, 3.8) is 0 Å². The van der Waals surface area contributed by atoms with Crippen molar-refractivity contribution in [3.8, 4) is 5.75 Å². The molecule has 0 bridgehead atoms. The van der Waals surface area contributed by atoms with Crippen LogP contribution in [0.25, 0.3) is 0 Å². The van der Waals surface area contributed by atoms with Crippen molar-refractivity contribution in [1.29, 1.82) is 0 Å². The number of anilines is 1. The molecule has 1 aliphatic heterocycles. The van der Waals surface area contributed by atoms with Crippen LogP contribution in [0.4, 0.5) is 5.95 Å². The molecule has 2 atom stereocenters. The number of hydrogen-bond acceptors (Lipinski definition) is 4. The van der Waals surface area contributed by atoms with Crippen LogP contribution in [0.15, 0.2) is 54.9 Å². The summed E-state index contributed by atoms with van der Waals surface area (Å²) in [4.78, 5) is 19.0.